The fourth-order valence-electron chi connectivity index (χ4n) is 1.40. The summed E-state index contributed by atoms with van der Waals surface area (Å²) in [7, 11) is -4.30. The minimum atomic E-state index is -4.30. The van der Waals surface area contributed by atoms with E-state index >= 15 is 0 Å². The van der Waals surface area contributed by atoms with Gasteiger partial charge in [-0.2, -0.15) is 0 Å². The van der Waals surface area contributed by atoms with Gasteiger partial charge >= 0.3 is 0 Å². The van der Waals surface area contributed by atoms with E-state index < -0.39 is 31.3 Å². The lowest BCUT2D eigenvalue weighted by atomic mass is 10.3. The quantitative estimate of drug-likeness (QED) is 0.520. The first-order valence-electron chi connectivity index (χ1n) is 5.24. The van der Waals surface area contributed by atoms with Crippen molar-refractivity contribution in [3.8, 4) is 0 Å². The van der Waals surface area contributed by atoms with Crippen LogP contribution in [0, 0.1) is 15.9 Å². The molecule has 2 aromatic rings. The molecular weight excluding hydrogens is 327 g/mol. The lowest BCUT2D eigenvalue weighted by Crippen LogP contribution is -2.15. The predicted octanol–water partition coefficient (Wildman–Crippen LogP) is 1.98. The zero-order valence-corrected chi connectivity index (χ0v) is 11.6. The molecule has 0 bridgehead atoms. The average Bonchev–Trinajstić information content (AvgIpc) is 2.37. The van der Waals surface area contributed by atoms with Crippen LogP contribution in [-0.2, 0) is 10.0 Å². The van der Waals surface area contributed by atoms with Crippen LogP contribution >= 0.6 is 11.6 Å². The van der Waals surface area contributed by atoms with Gasteiger partial charge in [-0.25, -0.2) is 22.8 Å². The van der Waals surface area contributed by atoms with E-state index in [1.165, 1.54) is 0 Å². The second kappa shape index (κ2) is 5.58. The monoisotopic (exact) mass is 332 g/mol. The van der Waals surface area contributed by atoms with E-state index in [1.54, 1.807) is 0 Å². The highest BCUT2D eigenvalue weighted by atomic mass is 35.5. The van der Waals surface area contributed by atoms with E-state index in [9.17, 15) is 22.9 Å². The first kappa shape index (κ1) is 15.1. The standard InChI is InChI=1S/C10H6ClFN4O4S/c11-9-4-10(14-5-13-9)15-21(19,20)8-2-1-6(16(17)18)3-7(8)12/h1-5H,(H,13,14,15). The van der Waals surface area contributed by atoms with Gasteiger partial charge in [0.2, 0.25) is 0 Å². The summed E-state index contributed by atoms with van der Waals surface area (Å²) in [6.45, 7) is 0. The van der Waals surface area contributed by atoms with Crippen molar-refractivity contribution < 1.29 is 17.7 Å². The van der Waals surface area contributed by atoms with Crippen molar-refractivity contribution in [2.24, 2.45) is 0 Å². The second-order valence-corrected chi connectivity index (χ2v) is 5.74. The number of anilines is 1. The van der Waals surface area contributed by atoms with Crippen molar-refractivity contribution in [3.05, 3.63) is 51.7 Å². The third kappa shape index (κ3) is 3.41. The normalized spacial score (nSPS) is 11.1. The summed E-state index contributed by atoms with van der Waals surface area (Å²) in [6, 6.07) is 3.31. The molecule has 0 amide bonds. The lowest BCUT2D eigenvalue weighted by Gasteiger charge is -2.07. The van der Waals surface area contributed by atoms with Crippen LogP contribution in [0.4, 0.5) is 15.9 Å². The first-order valence-corrected chi connectivity index (χ1v) is 7.10. The van der Waals surface area contributed by atoms with Crippen LogP contribution in [0.1, 0.15) is 0 Å². The SMILES string of the molecule is O=[N+]([O-])c1ccc(S(=O)(=O)Nc2cc(Cl)ncn2)c(F)c1. The predicted molar refractivity (Wildman–Crippen MR) is 70.9 cm³/mol. The number of aromatic nitrogens is 2. The Morgan fingerprint density at radius 3 is 2.57 bits per heavy atom. The number of benzene rings is 1. The third-order valence-corrected chi connectivity index (χ3v) is 3.88. The van der Waals surface area contributed by atoms with E-state index in [0.717, 1.165) is 24.5 Å². The minimum Gasteiger partial charge on any atom is -0.263 e. The zero-order valence-electron chi connectivity index (χ0n) is 10.0. The maximum absolute atomic E-state index is 13.7. The molecule has 0 aliphatic carbocycles. The Kier molecular flexibility index (Phi) is 4.00. The van der Waals surface area contributed by atoms with Gasteiger partial charge < -0.3 is 0 Å². The van der Waals surface area contributed by atoms with Gasteiger partial charge in [-0.15, -0.1) is 0 Å². The van der Waals surface area contributed by atoms with E-state index in [-0.39, 0.29) is 11.0 Å². The fraction of sp³-hybridized carbons (Fsp3) is 0. The molecule has 1 N–H and O–H groups in total. The molecule has 1 aromatic carbocycles. The summed E-state index contributed by atoms with van der Waals surface area (Å²) in [5, 5.41) is 10.5. The van der Waals surface area contributed by atoms with Crippen LogP contribution in [0.3, 0.4) is 0 Å². The van der Waals surface area contributed by atoms with Crippen LogP contribution < -0.4 is 4.72 Å². The van der Waals surface area contributed by atoms with Crippen LogP contribution in [0.15, 0.2) is 35.5 Å². The van der Waals surface area contributed by atoms with Crippen molar-refractivity contribution in [1.82, 2.24) is 9.97 Å². The van der Waals surface area contributed by atoms with Crippen LogP contribution in [0.25, 0.3) is 0 Å². The molecule has 0 unspecified atom stereocenters. The van der Waals surface area contributed by atoms with E-state index in [1.807, 2.05) is 4.72 Å². The molecule has 0 atom stereocenters. The number of nitro groups is 1. The molecule has 0 fully saturated rings. The Morgan fingerprint density at radius 2 is 2.00 bits per heavy atom. The maximum Gasteiger partial charge on any atom is 0.272 e. The van der Waals surface area contributed by atoms with Crippen molar-refractivity contribution in [2.75, 3.05) is 4.72 Å². The lowest BCUT2D eigenvalue weighted by molar-refractivity contribution is -0.385. The summed E-state index contributed by atoms with van der Waals surface area (Å²) < 4.78 is 39.7. The van der Waals surface area contributed by atoms with Gasteiger partial charge in [0, 0.05) is 12.1 Å². The van der Waals surface area contributed by atoms with Crippen molar-refractivity contribution in [3.63, 3.8) is 0 Å². The molecule has 2 rings (SSSR count). The molecule has 0 radical (unpaired) electrons. The zero-order chi connectivity index (χ0) is 15.6. The number of non-ortho nitro benzene ring substituents is 1. The van der Waals surface area contributed by atoms with Gasteiger partial charge in [0.25, 0.3) is 15.7 Å². The third-order valence-electron chi connectivity index (χ3n) is 2.29. The summed E-state index contributed by atoms with van der Waals surface area (Å²) in [5.74, 6) is -1.41. The molecule has 0 aliphatic rings. The van der Waals surface area contributed by atoms with E-state index in [2.05, 4.69) is 9.97 Å². The fourth-order valence-corrected chi connectivity index (χ4v) is 2.61. The number of nitro benzene ring substituents is 1. The molecule has 11 heteroatoms. The molecule has 0 spiro atoms. The van der Waals surface area contributed by atoms with Crippen molar-refractivity contribution in [1.29, 1.82) is 0 Å². The number of halogens is 2. The highest BCUT2D eigenvalue weighted by Gasteiger charge is 2.22. The average molecular weight is 333 g/mol. The number of hydrogen-bond donors (Lipinski definition) is 1. The number of hydrogen-bond acceptors (Lipinski definition) is 6. The molecule has 8 nitrogen and oxygen atoms in total. The van der Waals surface area contributed by atoms with Crippen LogP contribution in [0.5, 0.6) is 0 Å². The number of rotatable bonds is 4. The summed E-state index contributed by atoms with van der Waals surface area (Å²) in [5.41, 5.74) is -0.559. The summed E-state index contributed by atoms with van der Waals surface area (Å²) in [4.78, 5) is 16.1. The highest BCUT2D eigenvalue weighted by Crippen LogP contribution is 2.22. The molecule has 0 saturated heterocycles. The summed E-state index contributed by atoms with van der Waals surface area (Å²) in [6.07, 6.45) is 1.02. The Morgan fingerprint density at radius 1 is 1.29 bits per heavy atom. The topological polar surface area (TPSA) is 115 Å². The minimum absolute atomic E-state index is 0.00753. The number of sulfonamides is 1. The van der Waals surface area contributed by atoms with Gasteiger partial charge in [0.05, 0.1) is 11.0 Å². The summed E-state index contributed by atoms with van der Waals surface area (Å²) >= 11 is 5.57. The molecule has 0 aliphatic heterocycles. The van der Waals surface area contributed by atoms with Crippen LogP contribution in [0.2, 0.25) is 5.15 Å². The van der Waals surface area contributed by atoms with Gasteiger partial charge in [0.15, 0.2) is 5.82 Å². The molecule has 21 heavy (non-hydrogen) atoms. The Labute approximate surface area is 122 Å². The Hall–Kier alpha value is -2.33. The molecule has 1 aromatic heterocycles. The molecule has 0 saturated carbocycles. The van der Waals surface area contributed by atoms with Crippen LogP contribution in [-0.4, -0.2) is 23.3 Å². The largest absolute Gasteiger partial charge is 0.272 e. The highest BCUT2D eigenvalue weighted by molar-refractivity contribution is 7.92. The number of nitrogens with zero attached hydrogens (tertiary/aromatic N) is 3. The maximum atomic E-state index is 13.7. The Bertz CT molecular complexity index is 814. The van der Waals surface area contributed by atoms with E-state index in [4.69, 9.17) is 11.6 Å². The second-order valence-electron chi connectivity index (χ2n) is 3.70. The molecule has 110 valence electrons. The van der Waals surface area contributed by atoms with E-state index in [0.29, 0.717) is 6.07 Å². The van der Waals surface area contributed by atoms with Gasteiger partial charge in [-0.3, -0.25) is 14.8 Å². The van der Waals surface area contributed by atoms with Gasteiger partial charge in [-0.1, -0.05) is 11.6 Å². The van der Waals surface area contributed by atoms with Crippen molar-refractivity contribution >= 4 is 33.1 Å². The molecular formula is C10H6ClFN4O4S. The first-order chi connectivity index (χ1) is 9.79. The smallest absolute Gasteiger partial charge is 0.263 e. The Balaban J connectivity index is 2.38. The van der Waals surface area contributed by atoms with Crippen molar-refractivity contribution in [2.45, 2.75) is 4.90 Å². The number of nitrogens with one attached hydrogen (secondary N) is 1. The molecule has 1 heterocycles. The van der Waals surface area contributed by atoms with Gasteiger partial charge in [0.1, 0.15) is 22.2 Å². The van der Waals surface area contributed by atoms with Gasteiger partial charge in [-0.05, 0) is 6.07 Å².